The predicted octanol–water partition coefficient (Wildman–Crippen LogP) is 4.38. The van der Waals surface area contributed by atoms with Gasteiger partial charge in [-0.1, -0.05) is 11.6 Å². The van der Waals surface area contributed by atoms with E-state index in [9.17, 15) is 31.2 Å². The normalized spacial score (nSPS) is 28.6. The maximum Gasteiger partial charge on any atom is 0.313 e. The molecule has 8 nitrogen and oxygen atoms in total. The van der Waals surface area contributed by atoms with Gasteiger partial charge in [-0.15, -0.1) is 0 Å². The van der Waals surface area contributed by atoms with Gasteiger partial charge in [-0.05, 0) is 55.7 Å². The van der Waals surface area contributed by atoms with Crippen molar-refractivity contribution in [1.82, 2.24) is 5.06 Å². The average Bonchev–Trinajstić information content (AvgIpc) is 3.35. The molecule has 1 aliphatic heterocycles. The van der Waals surface area contributed by atoms with E-state index in [1.807, 2.05) is 0 Å². The fraction of sp³-hybridized carbons (Fsp3) is 0.462. The highest BCUT2D eigenvalue weighted by Gasteiger charge is 2.62. The maximum atomic E-state index is 14.0. The molecular formula is C26H26ClF3N2O6S. The summed E-state index contributed by atoms with van der Waals surface area (Å²) in [6.07, 6.45) is 2.08. The van der Waals surface area contributed by atoms with Crippen molar-refractivity contribution < 1.29 is 40.8 Å². The van der Waals surface area contributed by atoms with Gasteiger partial charge in [0.05, 0.1) is 34.4 Å². The third-order valence-corrected chi connectivity index (χ3v) is 11.2. The summed E-state index contributed by atoms with van der Waals surface area (Å²) in [5, 5.41) is 3.06. The van der Waals surface area contributed by atoms with Crippen molar-refractivity contribution in [3.63, 3.8) is 0 Å². The lowest BCUT2D eigenvalue weighted by Crippen LogP contribution is -2.56. The van der Waals surface area contributed by atoms with Crippen molar-refractivity contribution >= 4 is 39.0 Å². The Labute approximate surface area is 228 Å². The van der Waals surface area contributed by atoms with Crippen molar-refractivity contribution in [2.24, 2.45) is 17.8 Å². The second kappa shape index (κ2) is 10.1. The first-order valence-electron chi connectivity index (χ1n) is 12.3. The van der Waals surface area contributed by atoms with Crippen LogP contribution in [-0.4, -0.2) is 56.9 Å². The van der Waals surface area contributed by atoms with Crippen LogP contribution in [0, 0.1) is 35.2 Å². The average molecular weight is 587 g/mol. The van der Waals surface area contributed by atoms with Crippen LogP contribution in [0.15, 0.2) is 35.2 Å². The number of halogens is 4. The summed E-state index contributed by atoms with van der Waals surface area (Å²) in [5.41, 5.74) is -1.14. The van der Waals surface area contributed by atoms with E-state index in [4.69, 9.17) is 21.2 Å². The lowest BCUT2D eigenvalue weighted by Gasteiger charge is -2.46. The number of rotatable bonds is 5. The molecule has 2 aromatic carbocycles. The van der Waals surface area contributed by atoms with Gasteiger partial charge in [-0.3, -0.25) is 14.4 Å². The van der Waals surface area contributed by atoms with Gasteiger partial charge >= 0.3 is 5.97 Å². The fourth-order valence-corrected chi connectivity index (χ4v) is 9.42. The number of fused-ring (bicyclic) bond motifs is 2. The van der Waals surface area contributed by atoms with Gasteiger partial charge in [0.1, 0.15) is 5.92 Å². The first kappa shape index (κ1) is 27.9. The Morgan fingerprint density at radius 2 is 1.72 bits per heavy atom. The molecule has 1 amide bonds. The number of methoxy groups -OCH3 is 1. The Kier molecular flexibility index (Phi) is 7.19. The zero-order valence-electron chi connectivity index (χ0n) is 21.0. The molecule has 3 fully saturated rings. The van der Waals surface area contributed by atoms with Crippen LogP contribution >= 0.6 is 11.6 Å². The van der Waals surface area contributed by atoms with Crippen LogP contribution in [-0.2, 0) is 24.2 Å². The van der Waals surface area contributed by atoms with Crippen molar-refractivity contribution in [1.29, 1.82) is 0 Å². The van der Waals surface area contributed by atoms with Gasteiger partial charge in [-0.25, -0.2) is 21.6 Å². The number of hydroxylamine groups is 2. The van der Waals surface area contributed by atoms with Crippen LogP contribution in [0.5, 0.6) is 0 Å². The van der Waals surface area contributed by atoms with Crippen molar-refractivity contribution in [3.05, 3.63) is 58.4 Å². The second-order valence-electron chi connectivity index (χ2n) is 10.3. The maximum absolute atomic E-state index is 14.0. The van der Waals surface area contributed by atoms with Gasteiger partial charge in [0, 0.05) is 30.4 Å². The Balaban J connectivity index is 1.43. The Morgan fingerprint density at radius 1 is 1.10 bits per heavy atom. The Morgan fingerprint density at radius 3 is 2.31 bits per heavy atom. The number of nitrogens with one attached hydrogen (secondary N) is 1. The number of sulfone groups is 1. The third-order valence-electron chi connectivity index (χ3n) is 8.37. The first-order chi connectivity index (χ1) is 18.4. The van der Waals surface area contributed by atoms with Gasteiger partial charge in [0.25, 0.3) is 5.91 Å². The number of anilines is 1. The molecule has 2 aromatic rings. The van der Waals surface area contributed by atoms with Crippen LogP contribution in [0.25, 0.3) is 0 Å². The Hall–Kier alpha value is -2.67. The molecule has 1 spiro atoms. The van der Waals surface area contributed by atoms with E-state index in [0.717, 1.165) is 6.07 Å². The molecule has 2 aliphatic carbocycles. The van der Waals surface area contributed by atoms with Gasteiger partial charge in [-0.2, -0.15) is 5.06 Å². The summed E-state index contributed by atoms with van der Waals surface area (Å²) in [6, 6.07) is 4.92. The van der Waals surface area contributed by atoms with Crippen LogP contribution in [0.1, 0.15) is 36.0 Å². The van der Waals surface area contributed by atoms with E-state index in [2.05, 4.69) is 5.32 Å². The zero-order chi connectivity index (χ0) is 28.3. The third kappa shape index (κ3) is 4.60. The van der Waals surface area contributed by atoms with E-state index in [1.54, 1.807) is 12.1 Å². The monoisotopic (exact) mass is 586 g/mol. The molecule has 5 rings (SSSR count). The van der Waals surface area contributed by atoms with Gasteiger partial charge < -0.3 is 10.1 Å². The number of ether oxygens (including phenoxy) is 1. The fourth-order valence-electron chi connectivity index (χ4n) is 6.58. The lowest BCUT2D eigenvalue weighted by atomic mass is 9.68. The zero-order valence-corrected chi connectivity index (χ0v) is 22.6. The van der Waals surface area contributed by atoms with Crippen LogP contribution in [0.3, 0.4) is 0 Å². The van der Waals surface area contributed by atoms with Crippen LogP contribution in [0.4, 0.5) is 18.9 Å². The van der Waals surface area contributed by atoms with E-state index in [0.29, 0.717) is 37.8 Å². The number of esters is 1. The summed E-state index contributed by atoms with van der Waals surface area (Å²) in [5.74, 6) is -7.02. The SMILES string of the molecule is COC(=O)C1CON(C)[C@@]12CC1CC[C@@H](C2)C1S(=O)(=O)c1cc(C(=O)Nc2cc(F)c(F)c(F)c2)ccc1Cl. The van der Waals surface area contributed by atoms with Crippen LogP contribution < -0.4 is 5.32 Å². The summed E-state index contributed by atoms with van der Waals surface area (Å²) < 4.78 is 73.4. The molecule has 3 unspecified atom stereocenters. The molecule has 2 saturated carbocycles. The standard InChI is InChI=1S/C26H26ClF3N2O6S/c1-32-26(17(12-38-32)25(34)37-2)10-14-3-4-15(11-26)23(14)39(35,36)21-7-13(5-6-18(21)27)24(33)31-16-8-19(28)22(30)20(29)9-16/h5-9,14-15,17,23H,3-4,10-12H2,1-2H3,(H,31,33)/t14-,15?,17?,23?,26-/m0/s1. The topological polar surface area (TPSA) is 102 Å². The molecule has 39 heavy (non-hydrogen) atoms. The molecule has 1 N–H and O–H groups in total. The molecule has 3 aliphatic rings. The number of carbonyl (C=O) groups excluding carboxylic acids is 2. The van der Waals surface area contributed by atoms with E-state index < -0.39 is 55.9 Å². The smallest absolute Gasteiger partial charge is 0.313 e. The number of amides is 1. The predicted molar refractivity (Wildman–Crippen MR) is 134 cm³/mol. The first-order valence-corrected chi connectivity index (χ1v) is 14.3. The molecule has 210 valence electrons. The molecule has 1 heterocycles. The number of benzene rings is 2. The largest absolute Gasteiger partial charge is 0.469 e. The highest BCUT2D eigenvalue weighted by molar-refractivity contribution is 7.92. The number of hydrogen-bond acceptors (Lipinski definition) is 7. The molecule has 0 aromatic heterocycles. The minimum absolute atomic E-state index is 0.0705. The van der Waals surface area contributed by atoms with Gasteiger partial charge in [0.2, 0.25) is 0 Å². The van der Waals surface area contributed by atoms with Crippen molar-refractivity contribution in [3.8, 4) is 0 Å². The molecule has 5 atom stereocenters. The minimum Gasteiger partial charge on any atom is -0.469 e. The summed E-state index contributed by atoms with van der Waals surface area (Å²) >= 11 is 6.33. The molecule has 1 saturated heterocycles. The van der Waals surface area contributed by atoms with E-state index in [-0.39, 0.29) is 39.6 Å². The summed E-state index contributed by atoms with van der Waals surface area (Å²) in [4.78, 5) is 30.8. The van der Waals surface area contributed by atoms with E-state index in [1.165, 1.54) is 19.2 Å². The summed E-state index contributed by atoms with van der Waals surface area (Å²) in [7, 11) is -0.983. The molecule has 2 bridgehead atoms. The number of hydrogen-bond donors (Lipinski definition) is 1. The highest BCUT2D eigenvalue weighted by Crippen LogP contribution is 2.56. The number of carbonyl (C=O) groups is 2. The summed E-state index contributed by atoms with van der Waals surface area (Å²) in [6.45, 7) is 0.158. The van der Waals surface area contributed by atoms with Gasteiger partial charge in [0.15, 0.2) is 27.3 Å². The van der Waals surface area contributed by atoms with Crippen molar-refractivity contribution in [2.45, 2.75) is 41.4 Å². The lowest BCUT2D eigenvalue weighted by molar-refractivity contribution is -0.163. The number of nitrogens with zero attached hydrogens (tertiary/aromatic N) is 1. The van der Waals surface area contributed by atoms with Crippen LogP contribution in [0.2, 0.25) is 5.02 Å². The van der Waals surface area contributed by atoms with Crippen molar-refractivity contribution in [2.75, 3.05) is 26.1 Å². The highest BCUT2D eigenvalue weighted by atomic mass is 35.5. The molecule has 0 radical (unpaired) electrons. The minimum atomic E-state index is -4.04. The second-order valence-corrected chi connectivity index (χ2v) is 12.8. The Bertz CT molecular complexity index is 1420. The van der Waals surface area contributed by atoms with E-state index >= 15 is 0 Å². The quantitative estimate of drug-likeness (QED) is 0.410. The molecular weight excluding hydrogens is 561 g/mol. The molecule has 13 heteroatoms.